The van der Waals surface area contributed by atoms with Crippen LogP contribution in [0.2, 0.25) is 0 Å². The Morgan fingerprint density at radius 1 is 1.40 bits per heavy atom. The van der Waals surface area contributed by atoms with Crippen LogP contribution < -0.4 is 10.6 Å². The van der Waals surface area contributed by atoms with Crippen molar-refractivity contribution in [1.29, 1.82) is 0 Å². The van der Waals surface area contributed by atoms with E-state index in [0.29, 0.717) is 19.5 Å². The van der Waals surface area contributed by atoms with E-state index in [1.807, 2.05) is 0 Å². The molecule has 1 fully saturated rings. The SMILES string of the molecule is NCCC1CCCCN1c1c([N+](=O)[O-])ccc(F)c1F. The van der Waals surface area contributed by atoms with Crippen LogP contribution >= 0.6 is 0 Å². The molecule has 1 aliphatic heterocycles. The number of hydrogen-bond donors (Lipinski definition) is 1. The van der Waals surface area contributed by atoms with Gasteiger partial charge in [-0.3, -0.25) is 10.1 Å². The molecule has 0 aromatic heterocycles. The molecular formula is C13H17F2N3O2. The second-order valence-corrected chi connectivity index (χ2v) is 4.91. The largest absolute Gasteiger partial charge is 0.360 e. The number of anilines is 1. The van der Waals surface area contributed by atoms with E-state index in [-0.39, 0.29) is 11.7 Å². The van der Waals surface area contributed by atoms with Gasteiger partial charge >= 0.3 is 0 Å². The molecule has 0 bridgehead atoms. The molecule has 2 rings (SSSR count). The van der Waals surface area contributed by atoms with Gasteiger partial charge in [-0.1, -0.05) is 0 Å². The van der Waals surface area contributed by atoms with Gasteiger partial charge in [0.2, 0.25) is 0 Å². The van der Waals surface area contributed by atoms with Gasteiger partial charge < -0.3 is 10.6 Å². The summed E-state index contributed by atoms with van der Waals surface area (Å²) in [5.41, 5.74) is 4.90. The van der Waals surface area contributed by atoms with Gasteiger partial charge in [0, 0.05) is 18.7 Å². The molecule has 7 heteroatoms. The topological polar surface area (TPSA) is 72.4 Å². The normalized spacial score (nSPS) is 19.1. The predicted octanol–water partition coefficient (Wildman–Crippen LogP) is 2.58. The van der Waals surface area contributed by atoms with Crippen molar-refractivity contribution in [3.8, 4) is 0 Å². The van der Waals surface area contributed by atoms with Gasteiger partial charge in [0.25, 0.3) is 5.69 Å². The van der Waals surface area contributed by atoms with Gasteiger partial charge in [-0.25, -0.2) is 8.78 Å². The Balaban J connectivity index is 2.48. The lowest BCUT2D eigenvalue weighted by atomic mass is 9.98. The number of piperidine rings is 1. The van der Waals surface area contributed by atoms with E-state index in [1.165, 1.54) is 0 Å². The minimum absolute atomic E-state index is 0.0799. The molecule has 0 amide bonds. The summed E-state index contributed by atoms with van der Waals surface area (Å²) in [6.45, 7) is 0.887. The highest BCUT2D eigenvalue weighted by atomic mass is 19.2. The van der Waals surface area contributed by atoms with Crippen LogP contribution in [0.5, 0.6) is 0 Å². The molecule has 1 aromatic rings. The van der Waals surface area contributed by atoms with E-state index in [2.05, 4.69) is 0 Å². The average molecular weight is 285 g/mol. The fourth-order valence-corrected chi connectivity index (χ4v) is 2.74. The lowest BCUT2D eigenvalue weighted by Crippen LogP contribution is -2.41. The van der Waals surface area contributed by atoms with Gasteiger partial charge in [-0.15, -0.1) is 0 Å². The summed E-state index contributed by atoms with van der Waals surface area (Å²) in [5.74, 6) is -2.22. The van der Waals surface area contributed by atoms with Crippen LogP contribution in [0.1, 0.15) is 25.7 Å². The summed E-state index contributed by atoms with van der Waals surface area (Å²) in [5, 5.41) is 11.1. The molecule has 1 unspecified atom stereocenters. The maximum absolute atomic E-state index is 14.1. The number of rotatable bonds is 4. The van der Waals surface area contributed by atoms with Crippen molar-refractivity contribution in [3.05, 3.63) is 33.9 Å². The molecule has 0 aliphatic carbocycles. The fourth-order valence-electron chi connectivity index (χ4n) is 2.74. The number of benzene rings is 1. The van der Waals surface area contributed by atoms with Gasteiger partial charge in [-0.05, 0) is 38.3 Å². The van der Waals surface area contributed by atoms with Crippen LogP contribution in [0.4, 0.5) is 20.2 Å². The molecule has 2 N–H and O–H groups in total. The highest BCUT2D eigenvalue weighted by molar-refractivity contribution is 5.65. The van der Waals surface area contributed by atoms with Crippen LogP contribution in [-0.2, 0) is 0 Å². The maximum Gasteiger partial charge on any atom is 0.295 e. The molecule has 1 heterocycles. The monoisotopic (exact) mass is 285 g/mol. The Kier molecular flexibility index (Phi) is 4.49. The zero-order valence-corrected chi connectivity index (χ0v) is 11.0. The van der Waals surface area contributed by atoms with Crippen LogP contribution in [-0.4, -0.2) is 24.1 Å². The zero-order chi connectivity index (χ0) is 14.7. The minimum atomic E-state index is -1.15. The molecule has 1 atom stereocenters. The van der Waals surface area contributed by atoms with Crippen LogP contribution in [0.3, 0.4) is 0 Å². The lowest BCUT2D eigenvalue weighted by Gasteiger charge is -2.37. The van der Waals surface area contributed by atoms with E-state index in [0.717, 1.165) is 31.4 Å². The molecule has 1 aliphatic rings. The Morgan fingerprint density at radius 2 is 2.15 bits per heavy atom. The summed E-state index contributed by atoms with van der Waals surface area (Å²) in [7, 11) is 0. The van der Waals surface area contributed by atoms with Gasteiger partial charge in [0.05, 0.1) is 4.92 Å². The fraction of sp³-hybridized carbons (Fsp3) is 0.538. The number of halogens is 2. The molecule has 110 valence electrons. The second kappa shape index (κ2) is 6.13. The van der Waals surface area contributed by atoms with Crippen molar-refractivity contribution in [2.45, 2.75) is 31.7 Å². The average Bonchev–Trinajstić information content (AvgIpc) is 2.42. The van der Waals surface area contributed by atoms with Gasteiger partial charge in [-0.2, -0.15) is 0 Å². The molecule has 5 nitrogen and oxygen atoms in total. The van der Waals surface area contributed by atoms with Crippen molar-refractivity contribution in [1.82, 2.24) is 0 Å². The van der Waals surface area contributed by atoms with E-state index < -0.39 is 22.2 Å². The summed E-state index contributed by atoms with van der Waals surface area (Å²) >= 11 is 0. The Morgan fingerprint density at radius 3 is 2.80 bits per heavy atom. The summed E-state index contributed by atoms with van der Waals surface area (Å²) in [4.78, 5) is 12.0. The van der Waals surface area contributed by atoms with E-state index >= 15 is 0 Å². The zero-order valence-electron chi connectivity index (χ0n) is 11.0. The van der Waals surface area contributed by atoms with Crippen LogP contribution in [0.15, 0.2) is 12.1 Å². The van der Waals surface area contributed by atoms with Gasteiger partial charge in [0.15, 0.2) is 17.3 Å². The highest BCUT2D eigenvalue weighted by Crippen LogP contribution is 2.36. The van der Waals surface area contributed by atoms with Crippen molar-refractivity contribution < 1.29 is 13.7 Å². The smallest absolute Gasteiger partial charge is 0.295 e. The summed E-state index contributed by atoms with van der Waals surface area (Å²) in [6, 6.07) is 1.73. The third-order valence-corrected chi connectivity index (χ3v) is 3.66. The van der Waals surface area contributed by atoms with Crippen LogP contribution in [0.25, 0.3) is 0 Å². The number of nitrogens with zero attached hydrogens (tertiary/aromatic N) is 2. The van der Waals surface area contributed by atoms with E-state index in [4.69, 9.17) is 5.73 Å². The minimum Gasteiger partial charge on any atom is -0.360 e. The van der Waals surface area contributed by atoms with Crippen molar-refractivity contribution in [3.63, 3.8) is 0 Å². The van der Waals surface area contributed by atoms with E-state index in [9.17, 15) is 18.9 Å². The van der Waals surface area contributed by atoms with Crippen molar-refractivity contribution in [2.24, 2.45) is 5.73 Å². The molecule has 0 spiro atoms. The number of hydrogen-bond acceptors (Lipinski definition) is 4. The lowest BCUT2D eigenvalue weighted by molar-refractivity contribution is -0.384. The van der Waals surface area contributed by atoms with Gasteiger partial charge in [0.1, 0.15) is 0 Å². The highest BCUT2D eigenvalue weighted by Gasteiger charge is 2.32. The Hall–Kier alpha value is -1.76. The molecule has 0 radical (unpaired) electrons. The standard InChI is InChI=1S/C13H17F2N3O2/c14-10-4-5-11(18(19)20)13(12(10)15)17-8-2-1-3-9(17)6-7-16/h4-5,9H,1-3,6-8,16H2. The van der Waals surface area contributed by atoms with E-state index in [1.54, 1.807) is 4.90 Å². The molecule has 20 heavy (non-hydrogen) atoms. The quantitative estimate of drug-likeness (QED) is 0.681. The molecule has 1 aromatic carbocycles. The van der Waals surface area contributed by atoms with Crippen molar-refractivity contribution >= 4 is 11.4 Å². The van der Waals surface area contributed by atoms with Crippen LogP contribution in [0, 0.1) is 21.7 Å². The third kappa shape index (κ3) is 2.72. The molecule has 1 saturated heterocycles. The molecular weight excluding hydrogens is 268 g/mol. The van der Waals surface area contributed by atoms with Crippen molar-refractivity contribution in [2.75, 3.05) is 18.0 Å². The summed E-state index contributed by atoms with van der Waals surface area (Å²) in [6.07, 6.45) is 3.15. The first-order valence-electron chi connectivity index (χ1n) is 6.65. The first kappa shape index (κ1) is 14.6. The Bertz CT molecular complexity index is 509. The number of nitro groups is 1. The number of nitrogens with two attached hydrogens (primary N) is 1. The first-order valence-corrected chi connectivity index (χ1v) is 6.65. The Labute approximate surface area is 115 Å². The maximum atomic E-state index is 14.1. The number of nitro benzene ring substituents is 1. The molecule has 0 saturated carbocycles. The third-order valence-electron chi connectivity index (χ3n) is 3.66. The first-order chi connectivity index (χ1) is 9.56. The predicted molar refractivity (Wildman–Crippen MR) is 71.7 cm³/mol. The summed E-state index contributed by atoms with van der Waals surface area (Å²) < 4.78 is 27.5. The second-order valence-electron chi connectivity index (χ2n) is 4.91.